The summed E-state index contributed by atoms with van der Waals surface area (Å²) in [6.45, 7) is 8.98. The Balaban J connectivity index is 2.07. The lowest BCUT2D eigenvalue weighted by Crippen LogP contribution is -2.27. The van der Waals surface area contributed by atoms with Crippen LogP contribution in [-0.2, 0) is 11.3 Å². The van der Waals surface area contributed by atoms with Gasteiger partial charge in [0, 0.05) is 25.8 Å². The van der Waals surface area contributed by atoms with Crippen LogP contribution in [0.25, 0.3) is 0 Å². The Morgan fingerprint density at radius 1 is 1.29 bits per heavy atom. The topological polar surface area (TPSA) is 12.5 Å². The molecule has 1 aromatic rings. The third-order valence-electron chi connectivity index (χ3n) is 3.40. The van der Waals surface area contributed by atoms with Gasteiger partial charge in [0.25, 0.3) is 0 Å². The largest absolute Gasteiger partial charge is 0.362 e. The summed E-state index contributed by atoms with van der Waals surface area (Å²) in [4.78, 5) is 2.43. The molecule has 0 aromatic heterocycles. The first kappa shape index (κ1) is 12.6. The van der Waals surface area contributed by atoms with Crippen molar-refractivity contribution in [1.29, 1.82) is 0 Å². The van der Waals surface area contributed by atoms with Gasteiger partial charge in [-0.25, -0.2) is 0 Å². The fraction of sp³-hybridized carbons (Fsp3) is 0.600. The van der Waals surface area contributed by atoms with Gasteiger partial charge in [0.1, 0.15) is 6.23 Å². The van der Waals surface area contributed by atoms with Crippen LogP contribution in [-0.4, -0.2) is 18.6 Å². The van der Waals surface area contributed by atoms with Gasteiger partial charge in [-0.2, -0.15) is 0 Å². The minimum Gasteiger partial charge on any atom is -0.362 e. The lowest BCUT2D eigenvalue weighted by molar-refractivity contribution is -0.0291. The second kappa shape index (κ2) is 4.79. The number of hydrogen-bond donors (Lipinski definition) is 0. The summed E-state index contributed by atoms with van der Waals surface area (Å²) in [5.41, 5.74) is 3.13. The first-order chi connectivity index (χ1) is 8.01. The van der Waals surface area contributed by atoms with E-state index in [-0.39, 0.29) is 6.23 Å². The van der Waals surface area contributed by atoms with Crippen molar-refractivity contribution >= 4 is 0 Å². The Kier molecular flexibility index (Phi) is 3.55. The average Bonchev–Trinajstić information content (AvgIpc) is 2.63. The molecule has 17 heavy (non-hydrogen) atoms. The molecule has 0 radical (unpaired) electrons. The van der Waals surface area contributed by atoms with Crippen LogP contribution in [0.1, 0.15) is 44.5 Å². The van der Waals surface area contributed by atoms with Crippen molar-refractivity contribution in [3.8, 4) is 0 Å². The Bertz CT molecular complexity index is 381. The quantitative estimate of drug-likeness (QED) is 0.791. The number of fused-ring (bicyclic) bond motifs is 1. The summed E-state index contributed by atoms with van der Waals surface area (Å²) >= 11 is 0. The highest BCUT2D eigenvalue weighted by Crippen LogP contribution is 2.34. The third kappa shape index (κ3) is 2.88. The number of ether oxygens (including phenoxy) is 1. The van der Waals surface area contributed by atoms with E-state index in [1.165, 1.54) is 17.5 Å². The van der Waals surface area contributed by atoms with Crippen LogP contribution >= 0.6 is 0 Å². The summed E-state index contributed by atoms with van der Waals surface area (Å²) in [6.07, 6.45) is 1.34. The van der Waals surface area contributed by atoms with Gasteiger partial charge in [0.05, 0.1) is 0 Å². The summed E-state index contributed by atoms with van der Waals surface area (Å²) in [5.74, 6) is 0. The Hall–Kier alpha value is -0.860. The second-order valence-corrected chi connectivity index (χ2v) is 6.07. The summed E-state index contributed by atoms with van der Waals surface area (Å²) < 4.78 is 5.64. The van der Waals surface area contributed by atoms with E-state index in [1.807, 2.05) is 0 Å². The molecule has 0 aliphatic carbocycles. The van der Waals surface area contributed by atoms with Crippen molar-refractivity contribution in [3.05, 3.63) is 35.4 Å². The summed E-state index contributed by atoms with van der Waals surface area (Å²) in [6, 6.07) is 8.59. The molecular weight excluding hydrogens is 210 g/mol. The Morgan fingerprint density at radius 3 is 2.65 bits per heavy atom. The van der Waals surface area contributed by atoms with Crippen LogP contribution in [0.3, 0.4) is 0 Å². The molecule has 1 aliphatic rings. The van der Waals surface area contributed by atoms with Crippen molar-refractivity contribution in [2.75, 3.05) is 13.7 Å². The van der Waals surface area contributed by atoms with Gasteiger partial charge in [-0.3, -0.25) is 4.90 Å². The SMILES string of the molecule is COC1c2ccccc2CN1CCC(C)(C)C. The molecule has 0 bridgehead atoms. The molecule has 0 saturated carbocycles. The van der Waals surface area contributed by atoms with E-state index in [2.05, 4.69) is 49.9 Å². The van der Waals surface area contributed by atoms with Crippen molar-refractivity contribution < 1.29 is 4.74 Å². The van der Waals surface area contributed by atoms with Gasteiger partial charge < -0.3 is 4.74 Å². The van der Waals surface area contributed by atoms with Gasteiger partial charge in [0.15, 0.2) is 0 Å². The molecule has 0 amide bonds. The molecular formula is C15H23NO. The molecule has 0 spiro atoms. The maximum atomic E-state index is 5.64. The standard InChI is InChI=1S/C15H23NO/c1-15(2,3)9-10-16-11-12-7-5-6-8-13(12)14(16)17-4/h5-8,14H,9-11H2,1-4H3. The smallest absolute Gasteiger partial charge is 0.137 e. The summed E-state index contributed by atoms with van der Waals surface area (Å²) in [7, 11) is 1.80. The highest BCUT2D eigenvalue weighted by Gasteiger charge is 2.30. The average molecular weight is 233 g/mol. The molecule has 2 heteroatoms. The Labute approximate surface area is 105 Å². The first-order valence-corrected chi connectivity index (χ1v) is 6.36. The number of methoxy groups -OCH3 is 1. The maximum absolute atomic E-state index is 5.64. The molecule has 1 atom stereocenters. The van der Waals surface area contributed by atoms with Gasteiger partial charge in [-0.05, 0) is 17.4 Å². The first-order valence-electron chi connectivity index (χ1n) is 6.36. The van der Waals surface area contributed by atoms with Crippen LogP contribution in [0, 0.1) is 5.41 Å². The predicted octanol–water partition coefficient (Wildman–Crippen LogP) is 3.58. The van der Waals surface area contributed by atoms with Crippen molar-refractivity contribution in [3.63, 3.8) is 0 Å². The van der Waals surface area contributed by atoms with Crippen LogP contribution < -0.4 is 0 Å². The highest BCUT2D eigenvalue weighted by molar-refractivity contribution is 5.32. The van der Waals surface area contributed by atoms with E-state index in [9.17, 15) is 0 Å². The van der Waals surface area contributed by atoms with Crippen LogP contribution in [0.5, 0.6) is 0 Å². The second-order valence-electron chi connectivity index (χ2n) is 6.07. The van der Waals surface area contributed by atoms with Crippen molar-refractivity contribution in [2.45, 2.75) is 40.0 Å². The monoisotopic (exact) mass is 233 g/mol. The van der Waals surface area contributed by atoms with Crippen LogP contribution in [0.15, 0.2) is 24.3 Å². The van der Waals surface area contributed by atoms with E-state index in [0.717, 1.165) is 13.1 Å². The summed E-state index contributed by atoms with van der Waals surface area (Å²) in [5, 5.41) is 0. The van der Waals surface area contributed by atoms with Gasteiger partial charge >= 0.3 is 0 Å². The number of nitrogens with zero attached hydrogens (tertiary/aromatic N) is 1. The van der Waals surface area contributed by atoms with Crippen LogP contribution in [0.4, 0.5) is 0 Å². The van der Waals surface area contributed by atoms with E-state index in [0.29, 0.717) is 5.41 Å². The molecule has 1 aliphatic heterocycles. The molecule has 1 unspecified atom stereocenters. The lowest BCUT2D eigenvalue weighted by atomic mass is 9.92. The number of rotatable bonds is 3. The minimum atomic E-state index is 0.147. The lowest BCUT2D eigenvalue weighted by Gasteiger charge is -2.27. The zero-order valence-corrected chi connectivity index (χ0v) is 11.4. The number of hydrogen-bond acceptors (Lipinski definition) is 2. The van der Waals surface area contributed by atoms with Gasteiger partial charge in [0.2, 0.25) is 0 Å². The van der Waals surface area contributed by atoms with Gasteiger partial charge in [-0.15, -0.1) is 0 Å². The predicted molar refractivity (Wildman–Crippen MR) is 70.7 cm³/mol. The van der Waals surface area contributed by atoms with Crippen LogP contribution in [0.2, 0.25) is 0 Å². The van der Waals surface area contributed by atoms with Crippen molar-refractivity contribution in [2.24, 2.45) is 5.41 Å². The molecule has 1 heterocycles. The fourth-order valence-electron chi connectivity index (χ4n) is 2.37. The van der Waals surface area contributed by atoms with E-state index in [1.54, 1.807) is 7.11 Å². The molecule has 0 fully saturated rings. The van der Waals surface area contributed by atoms with E-state index < -0.39 is 0 Å². The van der Waals surface area contributed by atoms with E-state index >= 15 is 0 Å². The molecule has 2 nitrogen and oxygen atoms in total. The minimum absolute atomic E-state index is 0.147. The molecule has 0 saturated heterocycles. The third-order valence-corrected chi connectivity index (χ3v) is 3.40. The number of benzene rings is 1. The van der Waals surface area contributed by atoms with Gasteiger partial charge in [-0.1, -0.05) is 45.0 Å². The van der Waals surface area contributed by atoms with E-state index in [4.69, 9.17) is 4.74 Å². The molecule has 0 N–H and O–H groups in total. The van der Waals surface area contributed by atoms with Crippen molar-refractivity contribution in [1.82, 2.24) is 4.90 Å². The highest BCUT2D eigenvalue weighted by atomic mass is 16.5. The maximum Gasteiger partial charge on any atom is 0.137 e. The Morgan fingerprint density at radius 2 is 2.00 bits per heavy atom. The molecule has 2 rings (SSSR count). The normalized spacial score (nSPS) is 20.6. The fourth-order valence-corrected chi connectivity index (χ4v) is 2.37. The zero-order valence-electron chi connectivity index (χ0n) is 11.4. The molecule has 1 aromatic carbocycles. The zero-order chi connectivity index (χ0) is 12.5. The molecule has 94 valence electrons.